The predicted molar refractivity (Wildman–Crippen MR) is 30.1 cm³/mol. The van der Waals surface area contributed by atoms with Crippen LogP contribution in [-0.2, 0) is 4.79 Å². The van der Waals surface area contributed by atoms with Gasteiger partial charge in [-0.05, 0) is 7.05 Å². The van der Waals surface area contributed by atoms with E-state index in [1.807, 2.05) is 0 Å². The summed E-state index contributed by atoms with van der Waals surface area (Å²) >= 11 is 0. The Morgan fingerprint density at radius 3 is 2.33 bits per heavy atom. The average molecular weight is 129 g/mol. The third kappa shape index (κ3) is 0.598. The number of rotatable bonds is 1. The van der Waals surface area contributed by atoms with Crippen LogP contribution in [0.15, 0.2) is 11.5 Å². The van der Waals surface area contributed by atoms with Gasteiger partial charge in [0.1, 0.15) is 6.04 Å². The molecule has 0 aromatic rings. The van der Waals surface area contributed by atoms with E-state index in [0.717, 1.165) is 0 Å². The normalized spacial score (nSPS) is 26.3. The highest BCUT2D eigenvalue weighted by molar-refractivity contribution is 6.06. The van der Waals surface area contributed by atoms with Crippen molar-refractivity contribution in [3.63, 3.8) is 0 Å². The van der Waals surface area contributed by atoms with Crippen molar-refractivity contribution in [3.05, 3.63) is 11.5 Å². The molecule has 1 atom stereocenters. The van der Waals surface area contributed by atoms with Gasteiger partial charge in [0.05, 0.1) is 0 Å². The molecule has 0 saturated carbocycles. The molecule has 0 amide bonds. The summed E-state index contributed by atoms with van der Waals surface area (Å²) in [5.74, 6) is -1.23. The van der Waals surface area contributed by atoms with Gasteiger partial charge in [0.25, 0.3) is 0 Å². The molecule has 1 unspecified atom stereocenters. The number of aliphatic hydroxyl groups is 2. The zero-order valence-corrected chi connectivity index (χ0v) is 4.88. The first-order valence-corrected chi connectivity index (χ1v) is 2.52. The van der Waals surface area contributed by atoms with Crippen LogP contribution >= 0.6 is 0 Å². The Hall–Kier alpha value is -1.03. The number of aliphatic hydroxyl groups excluding tert-OH is 2. The molecule has 1 aliphatic rings. The van der Waals surface area contributed by atoms with E-state index in [1.54, 1.807) is 0 Å². The van der Waals surface area contributed by atoms with E-state index in [0.29, 0.717) is 0 Å². The molecular weight excluding hydrogens is 122 g/mol. The molecule has 0 aromatic carbocycles. The van der Waals surface area contributed by atoms with Gasteiger partial charge in [0, 0.05) is 0 Å². The van der Waals surface area contributed by atoms with Gasteiger partial charge in [-0.1, -0.05) is 0 Å². The monoisotopic (exact) mass is 129 g/mol. The summed E-state index contributed by atoms with van der Waals surface area (Å²) in [5.41, 5.74) is 0. The fourth-order valence-corrected chi connectivity index (χ4v) is 0.714. The van der Waals surface area contributed by atoms with Gasteiger partial charge in [-0.2, -0.15) is 0 Å². The third-order valence-electron chi connectivity index (χ3n) is 1.30. The molecule has 9 heavy (non-hydrogen) atoms. The number of carbonyl (C=O) groups excluding carboxylic acids is 1. The smallest absolute Gasteiger partial charge is 0.225 e. The van der Waals surface area contributed by atoms with Crippen LogP contribution in [-0.4, -0.2) is 29.1 Å². The second-order valence-electron chi connectivity index (χ2n) is 1.82. The molecule has 0 bridgehead atoms. The van der Waals surface area contributed by atoms with Crippen LogP contribution in [0, 0.1) is 0 Å². The lowest BCUT2D eigenvalue weighted by Gasteiger charge is -2.22. The molecule has 0 radical (unpaired) electrons. The van der Waals surface area contributed by atoms with Gasteiger partial charge in [-0.25, -0.2) is 0 Å². The van der Waals surface area contributed by atoms with Gasteiger partial charge in [0.2, 0.25) is 11.5 Å². The second-order valence-corrected chi connectivity index (χ2v) is 1.82. The molecule has 0 spiro atoms. The maximum atomic E-state index is 10.5. The largest absolute Gasteiger partial charge is 0.506 e. The summed E-state index contributed by atoms with van der Waals surface area (Å²) in [7, 11) is 1.53. The number of ketones is 1. The number of likely N-dealkylation sites (N-methyl/N-ethyl adjacent to an activating group) is 1. The lowest BCUT2D eigenvalue weighted by atomic mass is 9.97. The zero-order chi connectivity index (χ0) is 7.02. The molecular formula is C5H7NO3. The number of hydrogen-bond donors (Lipinski definition) is 3. The fraction of sp³-hybridized carbons (Fsp3) is 0.400. The fourth-order valence-electron chi connectivity index (χ4n) is 0.714. The second kappa shape index (κ2) is 1.73. The Balaban J connectivity index is 2.79. The van der Waals surface area contributed by atoms with Crippen LogP contribution in [0.2, 0.25) is 0 Å². The summed E-state index contributed by atoms with van der Waals surface area (Å²) in [6, 6.07) is -0.676. The Morgan fingerprint density at radius 1 is 1.56 bits per heavy atom. The minimum absolute atomic E-state index is 0.262. The summed E-state index contributed by atoms with van der Waals surface area (Å²) in [5, 5.41) is 19.7. The Kier molecular flexibility index (Phi) is 1.17. The van der Waals surface area contributed by atoms with Crippen molar-refractivity contribution in [2.75, 3.05) is 7.05 Å². The van der Waals surface area contributed by atoms with Gasteiger partial charge < -0.3 is 15.5 Å². The Labute approximate surface area is 51.8 Å². The average Bonchev–Trinajstić information content (AvgIpc) is 1.89. The minimum Gasteiger partial charge on any atom is -0.506 e. The van der Waals surface area contributed by atoms with Crippen LogP contribution < -0.4 is 5.32 Å². The van der Waals surface area contributed by atoms with Crippen LogP contribution in [0.25, 0.3) is 0 Å². The summed E-state index contributed by atoms with van der Waals surface area (Å²) in [6.07, 6.45) is 0. The third-order valence-corrected chi connectivity index (χ3v) is 1.30. The maximum Gasteiger partial charge on any atom is 0.225 e. The number of hydrogen-bond acceptors (Lipinski definition) is 4. The molecule has 1 aliphatic carbocycles. The van der Waals surface area contributed by atoms with E-state index >= 15 is 0 Å². The Morgan fingerprint density at radius 2 is 2.11 bits per heavy atom. The molecule has 0 fully saturated rings. The van der Waals surface area contributed by atoms with Gasteiger partial charge in [-0.3, -0.25) is 4.79 Å². The summed E-state index contributed by atoms with van der Waals surface area (Å²) < 4.78 is 0. The highest BCUT2D eigenvalue weighted by atomic mass is 16.3. The molecule has 4 heteroatoms. The number of carbonyl (C=O) groups is 1. The van der Waals surface area contributed by atoms with E-state index in [2.05, 4.69) is 5.32 Å². The molecule has 3 N–H and O–H groups in total. The van der Waals surface area contributed by atoms with Crippen LogP contribution in [0.1, 0.15) is 0 Å². The van der Waals surface area contributed by atoms with E-state index < -0.39 is 17.6 Å². The SMILES string of the molecule is CNC1C(=O)C(O)=C1O. The molecule has 0 aromatic heterocycles. The summed E-state index contributed by atoms with van der Waals surface area (Å²) in [6.45, 7) is 0. The summed E-state index contributed by atoms with van der Waals surface area (Å²) in [4.78, 5) is 10.5. The topological polar surface area (TPSA) is 69.6 Å². The van der Waals surface area contributed by atoms with Crippen LogP contribution in [0.4, 0.5) is 0 Å². The predicted octanol–water partition coefficient (Wildman–Crippen LogP) is -0.515. The van der Waals surface area contributed by atoms with E-state index in [1.165, 1.54) is 7.05 Å². The molecule has 0 heterocycles. The molecule has 4 nitrogen and oxygen atoms in total. The van der Waals surface area contributed by atoms with Crippen molar-refractivity contribution in [1.29, 1.82) is 0 Å². The maximum absolute atomic E-state index is 10.5. The Bertz CT molecular complexity index is 185. The number of Topliss-reactive ketones (excluding diaryl/α,β-unsaturated/α-hetero) is 1. The van der Waals surface area contributed by atoms with E-state index in [-0.39, 0.29) is 5.76 Å². The van der Waals surface area contributed by atoms with Gasteiger partial charge in [-0.15, -0.1) is 0 Å². The highest BCUT2D eigenvalue weighted by Gasteiger charge is 2.38. The molecule has 1 rings (SSSR count). The first kappa shape index (κ1) is 6.10. The molecule has 0 aliphatic heterocycles. The van der Waals surface area contributed by atoms with Crippen LogP contribution in [0.5, 0.6) is 0 Å². The molecule has 50 valence electrons. The first-order valence-electron chi connectivity index (χ1n) is 2.52. The van der Waals surface area contributed by atoms with Crippen molar-refractivity contribution in [2.45, 2.75) is 6.04 Å². The molecule has 0 saturated heterocycles. The van der Waals surface area contributed by atoms with Crippen LogP contribution in [0.3, 0.4) is 0 Å². The highest BCUT2D eigenvalue weighted by Crippen LogP contribution is 2.18. The van der Waals surface area contributed by atoms with Gasteiger partial charge >= 0.3 is 0 Å². The van der Waals surface area contributed by atoms with Crippen molar-refractivity contribution < 1.29 is 15.0 Å². The lowest BCUT2D eigenvalue weighted by molar-refractivity contribution is -0.123. The lowest BCUT2D eigenvalue weighted by Crippen LogP contribution is -2.45. The van der Waals surface area contributed by atoms with Crippen molar-refractivity contribution >= 4 is 5.78 Å². The first-order chi connectivity index (χ1) is 4.18. The van der Waals surface area contributed by atoms with E-state index in [4.69, 9.17) is 10.2 Å². The quantitative estimate of drug-likeness (QED) is 0.445. The van der Waals surface area contributed by atoms with Crippen molar-refractivity contribution in [1.82, 2.24) is 5.32 Å². The zero-order valence-electron chi connectivity index (χ0n) is 4.88. The van der Waals surface area contributed by atoms with Gasteiger partial charge in [0.15, 0.2) is 5.76 Å². The number of nitrogens with one attached hydrogen (secondary N) is 1. The van der Waals surface area contributed by atoms with Crippen molar-refractivity contribution in [3.8, 4) is 0 Å². The van der Waals surface area contributed by atoms with E-state index in [9.17, 15) is 4.79 Å². The van der Waals surface area contributed by atoms with Crippen molar-refractivity contribution in [2.24, 2.45) is 0 Å². The standard InChI is InChI=1S/C5H7NO3/c1-6-2-3(7)5(9)4(2)8/h2,6-7,9H,1H3. The minimum atomic E-state index is -0.676.